The van der Waals surface area contributed by atoms with Gasteiger partial charge in [0.2, 0.25) is 5.91 Å². The van der Waals surface area contributed by atoms with Crippen molar-refractivity contribution in [2.45, 2.75) is 44.1 Å². The third-order valence-electron chi connectivity index (χ3n) is 4.75. The van der Waals surface area contributed by atoms with Crippen LogP contribution in [0, 0.1) is 5.82 Å². The lowest BCUT2D eigenvalue weighted by Gasteiger charge is -2.30. The van der Waals surface area contributed by atoms with Crippen LogP contribution in [0.4, 0.5) is 4.39 Å². The van der Waals surface area contributed by atoms with Crippen molar-refractivity contribution in [3.8, 4) is 0 Å². The molecular weight excluding hydrogens is 291 g/mol. The molecule has 0 spiro atoms. The minimum Gasteiger partial charge on any atom is -0.347 e. The number of hydrogen-bond donors (Lipinski definition) is 1. The van der Waals surface area contributed by atoms with Gasteiger partial charge in [0, 0.05) is 6.20 Å². The number of halogens is 1. The molecule has 3 rings (SSSR count). The van der Waals surface area contributed by atoms with Gasteiger partial charge >= 0.3 is 0 Å². The van der Waals surface area contributed by atoms with E-state index in [-0.39, 0.29) is 17.8 Å². The van der Waals surface area contributed by atoms with Gasteiger partial charge in [-0.2, -0.15) is 0 Å². The summed E-state index contributed by atoms with van der Waals surface area (Å²) in [5.41, 5.74) is 0.986. The molecule has 120 valence electrons. The van der Waals surface area contributed by atoms with Gasteiger partial charge in [0.05, 0.1) is 17.2 Å². The van der Waals surface area contributed by atoms with Gasteiger partial charge in [0.25, 0.3) is 0 Å². The Bertz CT molecular complexity index is 681. The maximum absolute atomic E-state index is 13.6. The fourth-order valence-corrected chi connectivity index (χ4v) is 3.45. The molecule has 1 aromatic heterocycles. The summed E-state index contributed by atoms with van der Waals surface area (Å²) in [6, 6.07) is 11.9. The van der Waals surface area contributed by atoms with Crippen LogP contribution in [0.3, 0.4) is 0 Å². The molecule has 4 heteroatoms. The normalized spacial score (nSPS) is 17.7. The Morgan fingerprint density at radius 2 is 2.00 bits per heavy atom. The van der Waals surface area contributed by atoms with Crippen LogP contribution in [-0.4, -0.2) is 10.9 Å². The first-order chi connectivity index (χ1) is 11.1. The Morgan fingerprint density at radius 1 is 1.22 bits per heavy atom. The molecule has 0 bridgehead atoms. The zero-order valence-electron chi connectivity index (χ0n) is 13.3. The van der Waals surface area contributed by atoms with Gasteiger partial charge in [-0.15, -0.1) is 0 Å². The second-order valence-corrected chi connectivity index (χ2v) is 6.25. The molecule has 0 saturated heterocycles. The van der Waals surface area contributed by atoms with E-state index in [1.165, 1.54) is 12.1 Å². The van der Waals surface area contributed by atoms with Gasteiger partial charge in [-0.25, -0.2) is 4.39 Å². The van der Waals surface area contributed by atoms with E-state index in [0.29, 0.717) is 0 Å². The molecular formula is C19H21FN2O. The lowest BCUT2D eigenvalue weighted by molar-refractivity contribution is -0.127. The van der Waals surface area contributed by atoms with Crippen LogP contribution < -0.4 is 5.32 Å². The summed E-state index contributed by atoms with van der Waals surface area (Å²) in [7, 11) is 0. The van der Waals surface area contributed by atoms with Crippen LogP contribution in [0.5, 0.6) is 0 Å². The highest BCUT2D eigenvalue weighted by Crippen LogP contribution is 2.42. The van der Waals surface area contributed by atoms with Crippen molar-refractivity contribution in [1.29, 1.82) is 0 Å². The van der Waals surface area contributed by atoms with Crippen molar-refractivity contribution in [2.24, 2.45) is 0 Å². The molecule has 1 aromatic carbocycles. The van der Waals surface area contributed by atoms with Crippen LogP contribution >= 0.6 is 0 Å². The lowest BCUT2D eigenvalue weighted by atomic mass is 9.77. The van der Waals surface area contributed by atoms with E-state index in [2.05, 4.69) is 10.3 Å². The summed E-state index contributed by atoms with van der Waals surface area (Å²) in [5.74, 6) is -0.321. The van der Waals surface area contributed by atoms with E-state index >= 15 is 0 Å². The average Bonchev–Trinajstić information content (AvgIpc) is 3.06. The number of aromatic nitrogens is 1. The number of carbonyl (C=O) groups is 1. The largest absolute Gasteiger partial charge is 0.347 e. The number of pyridine rings is 1. The number of hydrogen-bond acceptors (Lipinski definition) is 2. The van der Waals surface area contributed by atoms with Crippen LogP contribution in [-0.2, 0) is 10.2 Å². The van der Waals surface area contributed by atoms with E-state index in [4.69, 9.17) is 0 Å². The highest BCUT2D eigenvalue weighted by atomic mass is 19.1. The minimum atomic E-state index is -0.620. The van der Waals surface area contributed by atoms with E-state index in [0.717, 1.165) is 36.9 Å². The van der Waals surface area contributed by atoms with Crippen molar-refractivity contribution < 1.29 is 9.18 Å². The smallest absolute Gasteiger partial charge is 0.231 e. The fourth-order valence-electron chi connectivity index (χ4n) is 3.45. The Hall–Kier alpha value is -2.23. The average molecular weight is 312 g/mol. The Morgan fingerprint density at radius 3 is 2.65 bits per heavy atom. The van der Waals surface area contributed by atoms with Gasteiger partial charge < -0.3 is 5.32 Å². The van der Waals surface area contributed by atoms with Crippen molar-refractivity contribution in [3.05, 3.63) is 65.7 Å². The number of carbonyl (C=O) groups excluding carboxylic acids is 1. The van der Waals surface area contributed by atoms with Crippen LogP contribution in [0.1, 0.15) is 49.9 Å². The van der Waals surface area contributed by atoms with E-state index in [1.807, 2.05) is 31.2 Å². The van der Waals surface area contributed by atoms with Crippen LogP contribution in [0.25, 0.3) is 0 Å². The van der Waals surface area contributed by atoms with Crippen molar-refractivity contribution >= 4 is 5.91 Å². The molecule has 23 heavy (non-hydrogen) atoms. The summed E-state index contributed by atoms with van der Waals surface area (Å²) in [6.07, 6.45) is 5.22. The zero-order chi connectivity index (χ0) is 16.3. The molecule has 3 nitrogen and oxygen atoms in total. The summed E-state index contributed by atoms with van der Waals surface area (Å²) in [4.78, 5) is 17.3. The standard InChI is InChI=1S/C19H21FN2O/c1-14(17-9-2-5-12-21-17)22-18(23)19(10-3-4-11-19)15-7-6-8-16(20)13-15/h2,5-9,12-14H,3-4,10-11H2,1H3,(H,22,23)/t14-/m1/s1. The molecule has 0 unspecified atom stereocenters. The Labute approximate surface area is 135 Å². The number of rotatable bonds is 4. The molecule has 1 aliphatic rings. The summed E-state index contributed by atoms with van der Waals surface area (Å²) < 4.78 is 13.6. The Kier molecular flexibility index (Phi) is 4.42. The fraction of sp³-hybridized carbons (Fsp3) is 0.368. The predicted molar refractivity (Wildman–Crippen MR) is 87.3 cm³/mol. The molecule has 1 N–H and O–H groups in total. The van der Waals surface area contributed by atoms with Crippen LogP contribution in [0.2, 0.25) is 0 Å². The van der Waals surface area contributed by atoms with E-state index in [1.54, 1.807) is 12.3 Å². The molecule has 1 atom stereocenters. The third kappa shape index (κ3) is 3.11. The molecule has 2 aromatic rings. The SMILES string of the molecule is C[C@@H](NC(=O)C1(c2cccc(F)c2)CCCC1)c1ccccn1. The predicted octanol–water partition coefficient (Wildman–Crippen LogP) is 3.91. The number of nitrogens with one attached hydrogen (secondary N) is 1. The second-order valence-electron chi connectivity index (χ2n) is 6.25. The first-order valence-corrected chi connectivity index (χ1v) is 8.10. The monoisotopic (exact) mass is 312 g/mol. The molecule has 1 amide bonds. The van der Waals surface area contributed by atoms with E-state index < -0.39 is 5.41 Å². The molecule has 0 aliphatic heterocycles. The summed E-state index contributed by atoms with van der Waals surface area (Å²) in [6.45, 7) is 1.93. The number of benzene rings is 1. The Balaban J connectivity index is 1.85. The summed E-state index contributed by atoms with van der Waals surface area (Å²) >= 11 is 0. The molecule has 1 heterocycles. The van der Waals surface area contributed by atoms with Gasteiger partial charge in [0.1, 0.15) is 5.82 Å². The van der Waals surface area contributed by atoms with Gasteiger partial charge in [-0.3, -0.25) is 9.78 Å². The quantitative estimate of drug-likeness (QED) is 0.930. The van der Waals surface area contributed by atoms with E-state index in [9.17, 15) is 9.18 Å². The third-order valence-corrected chi connectivity index (χ3v) is 4.75. The summed E-state index contributed by atoms with van der Waals surface area (Å²) in [5, 5.41) is 3.07. The van der Waals surface area contributed by atoms with Crippen molar-refractivity contribution in [1.82, 2.24) is 10.3 Å². The first-order valence-electron chi connectivity index (χ1n) is 8.10. The van der Waals surface area contributed by atoms with Crippen molar-refractivity contribution in [2.75, 3.05) is 0 Å². The topological polar surface area (TPSA) is 42.0 Å². The molecule has 1 fully saturated rings. The highest BCUT2D eigenvalue weighted by molar-refractivity contribution is 5.88. The first kappa shape index (κ1) is 15.7. The van der Waals surface area contributed by atoms with Crippen molar-refractivity contribution in [3.63, 3.8) is 0 Å². The van der Waals surface area contributed by atoms with Gasteiger partial charge in [-0.1, -0.05) is 31.0 Å². The maximum atomic E-state index is 13.6. The molecule has 1 saturated carbocycles. The maximum Gasteiger partial charge on any atom is 0.231 e. The zero-order valence-corrected chi connectivity index (χ0v) is 13.3. The highest BCUT2D eigenvalue weighted by Gasteiger charge is 2.43. The lowest BCUT2D eigenvalue weighted by Crippen LogP contribution is -2.43. The minimum absolute atomic E-state index is 0.0289. The number of nitrogens with zero attached hydrogens (tertiary/aromatic N) is 1. The molecule has 1 aliphatic carbocycles. The van der Waals surface area contributed by atoms with Crippen LogP contribution in [0.15, 0.2) is 48.7 Å². The van der Waals surface area contributed by atoms with Gasteiger partial charge in [-0.05, 0) is 49.6 Å². The van der Waals surface area contributed by atoms with Gasteiger partial charge in [0.15, 0.2) is 0 Å². The number of amides is 1. The second kappa shape index (κ2) is 6.49. The molecule has 0 radical (unpaired) electrons.